The van der Waals surface area contributed by atoms with Crippen LogP contribution in [0.1, 0.15) is 31.7 Å². The molecule has 0 aromatic heterocycles. The summed E-state index contributed by atoms with van der Waals surface area (Å²) >= 11 is 5.25. The molecule has 6 heteroatoms. The molecule has 1 aromatic rings. The highest BCUT2D eigenvalue weighted by Crippen LogP contribution is 2.31. The van der Waals surface area contributed by atoms with Gasteiger partial charge in [0, 0.05) is 15.8 Å². The summed E-state index contributed by atoms with van der Waals surface area (Å²) in [5.41, 5.74) is 0.929. The van der Waals surface area contributed by atoms with Gasteiger partial charge in [0.15, 0.2) is 0 Å². The van der Waals surface area contributed by atoms with E-state index in [1.54, 1.807) is 18.2 Å². The molecule has 1 aliphatic carbocycles. The minimum atomic E-state index is -3.42. The Bertz CT molecular complexity index is 575. The molecule has 2 atom stereocenters. The molecule has 1 fully saturated rings. The Kier molecular flexibility index (Phi) is 5.56. The Hall–Kier alpha value is -0.0400. The third-order valence-corrected chi connectivity index (χ3v) is 7.28. The highest BCUT2D eigenvalue weighted by molar-refractivity contribution is 9.10. The number of benzene rings is 1. The zero-order valence-corrected chi connectivity index (χ0v) is 14.9. The van der Waals surface area contributed by atoms with Gasteiger partial charge in [-0.2, -0.15) is 11.8 Å². The summed E-state index contributed by atoms with van der Waals surface area (Å²) in [6.07, 6.45) is 3.14. The van der Waals surface area contributed by atoms with Crippen LogP contribution in [-0.4, -0.2) is 25.5 Å². The van der Waals surface area contributed by atoms with Gasteiger partial charge in [0.2, 0.25) is 10.0 Å². The molecule has 1 aromatic carbocycles. The first-order valence-corrected chi connectivity index (χ1v) is 10.2. The molecule has 2 rings (SSSR count). The highest BCUT2D eigenvalue weighted by atomic mass is 79.9. The number of hydrogen-bond acceptors (Lipinski definition) is 3. The first-order valence-electron chi connectivity index (χ1n) is 6.84. The van der Waals surface area contributed by atoms with Crippen molar-refractivity contribution in [1.82, 2.24) is 4.72 Å². The molecule has 0 heterocycles. The predicted octanol–water partition coefficient (Wildman–Crippen LogP) is 3.71. The van der Waals surface area contributed by atoms with E-state index < -0.39 is 10.0 Å². The molecule has 0 aliphatic heterocycles. The number of hydrogen-bond donors (Lipinski definition) is 1. The molecule has 1 aliphatic rings. The Morgan fingerprint density at radius 3 is 2.80 bits per heavy atom. The zero-order valence-electron chi connectivity index (χ0n) is 11.7. The largest absolute Gasteiger partial charge is 0.240 e. The molecule has 1 saturated carbocycles. The Morgan fingerprint density at radius 1 is 1.40 bits per heavy atom. The van der Waals surface area contributed by atoms with E-state index in [2.05, 4.69) is 27.6 Å². The summed E-state index contributed by atoms with van der Waals surface area (Å²) < 4.78 is 28.7. The minimum absolute atomic E-state index is 0.0638. The molecule has 0 spiro atoms. The molecule has 20 heavy (non-hydrogen) atoms. The van der Waals surface area contributed by atoms with Crippen LogP contribution in [0.5, 0.6) is 0 Å². The number of halogens is 1. The van der Waals surface area contributed by atoms with Crippen molar-refractivity contribution in [2.45, 2.75) is 49.3 Å². The molecular formula is C14H20BrNO2S2. The van der Waals surface area contributed by atoms with E-state index in [1.807, 2.05) is 18.7 Å². The van der Waals surface area contributed by atoms with Gasteiger partial charge in [0.1, 0.15) is 0 Å². The van der Waals surface area contributed by atoms with Crippen molar-refractivity contribution in [2.24, 2.45) is 0 Å². The smallest absolute Gasteiger partial charge is 0.207 e. The average molecular weight is 378 g/mol. The van der Waals surface area contributed by atoms with E-state index in [1.165, 1.54) is 0 Å². The van der Waals surface area contributed by atoms with Gasteiger partial charge in [-0.3, -0.25) is 0 Å². The Balaban J connectivity index is 2.16. The maximum Gasteiger partial charge on any atom is 0.240 e. The molecule has 2 unspecified atom stereocenters. The second-order valence-corrected chi connectivity index (χ2v) is 9.15. The first-order chi connectivity index (χ1) is 9.44. The fourth-order valence-corrected chi connectivity index (χ4v) is 5.45. The van der Waals surface area contributed by atoms with E-state index >= 15 is 0 Å². The van der Waals surface area contributed by atoms with Crippen molar-refractivity contribution in [2.75, 3.05) is 5.75 Å². The van der Waals surface area contributed by atoms with Crippen LogP contribution in [-0.2, 0) is 10.0 Å². The van der Waals surface area contributed by atoms with Crippen LogP contribution in [0.4, 0.5) is 0 Å². The maximum absolute atomic E-state index is 12.5. The number of sulfonamides is 1. The molecule has 3 nitrogen and oxygen atoms in total. The van der Waals surface area contributed by atoms with Crippen molar-refractivity contribution < 1.29 is 8.42 Å². The van der Waals surface area contributed by atoms with Gasteiger partial charge in [-0.05, 0) is 49.3 Å². The molecule has 0 radical (unpaired) electrons. The van der Waals surface area contributed by atoms with Crippen LogP contribution >= 0.6 is 27.7 Å². The normalized spacial score (nSPS) is 23.1. The number of nitrogens with one attached hydrogen (secondary N) is 1. The molecule has 0 amide bonds. The quantitative estimate of drug-likeness (QED) is 0.850. The van der Waals surface area contributed by atoms with Gasteiger partial charge in [0.05, 0.1) is 4.90 Å². The lowest BCUT2D eigenvalue weighted by Crippen LogP contribution is -2.38. The van der Waals surface area contributed by atoms with Crippen LogP contribution in [0, 0.1) is 6.92 Å². The van der Waals surface area contributed by atoms with Crippen LogP contribution in [0.15, 0.2) is 27.6 Å². The summed E-state index contributed by atoms with van der Waals surface area (Å²) in [6.45, 7) is 4.01. The standard InChI is InChI=1S/C14H20BrNO2S2/c1-3-19-14-6-4-5-13(14)16-20(17,18)11-7-8-12(15)10(2)9-11/h7-9,13-14,16H,3-6H2,1-2H3. The topological polar surface area (TPSA) is 46.2 Å². The lowest BCUT2D eigenvalue weighted by atomic mass is 10.2. The fraction of sp³-hybridized carbons (Fsp3) is 0.571. The maximum atomic E-state index is 12.5. The van der Waals surface area contributed by atoms with Crippen LogP contribution < -0.4 is 4.72 Å². The van der Waals surface area contributed by atoms with Crippen LogP contribution in [0.3, 0.4) is 0 Å². The molecule has 0 saturated heterocycles. The van der Waals surface area contributed by atoms with Gasteiger partial charge < -0.3 is 0 Å². The van der Waals surface area contributed by atoms with E-state index in [9.17, 15) is 8.42 Å². The van der Waals surface area contributed by atoms with E-state index in [0.717, 1.165) is 35.1 Å². The lowest BCUT2D eigenvalue weighted by Gasteiger charge is -2.20. The number of aryl methyl sites for hydroxylation is 1. The van der Waals surface area contributed by atoms with E-state index in [-0.39, 0.29) is 6.04 Å². The van der Waals surface area contributed by atoms with Gasteiger partial charge in [-0.1, -0.05) is 29.3 Å². The Labute approximate surface area is 134 Å². The average Bonchev–Trinajstić information content (AvgIpc) is 2.80. The van der Waals surface area contributed by atoms with Crippen molar-refractivity contribution in [3.8, 4) is 0 Å². The number of rotatable bonds is 5. The van der Waals surface area contributed by atoms with Crippen molar-refractivity contribution in [3.05, 3.63) is 28.2 Å². The third kappa shape index (κ3) is 3.78. The van der Waals surface area contributed by atoms with Gasteiger partial charge in [0.25, 0.3) is 0 Å². The van der Waals surface area contributed by atoms with E-state index in [4.69, 9.17) is 0 Å². The van der Waals surface area contributed by atoms with Crippen molar-refractivity contribution >= 4 is 37.7 Å². The van der Waals surface area contributed by atoms with Crippen molar-refractivity contribution in [1.29, 1.82) is 0 Å². The molecule has 0 bridgehead atoms. The summed E-state index contributed by atoms with van der Waals surface area (Å²) in [7, 11) is -3.42. The number of thioether (sulfide) groups is 1. The summed E-state index contributed by atoms with van der Waals surface area (Å²) in [5, 5.41) is 0.409. The van der Waals surface area contributed by atoms with Gasteiger partial charge >= 0.3 is 0 Å². The van der Waals surface area contributed by atoms with Gasteiger partial charge in [-0.15, -0.1) is 0 Å². The molecule has 112 valence electrons. The zero-order chi connectivity index (χ0) is 14.8. The van der Waals surface area contributed by atoms with Crippen LogP contribution in [0.25, 0.3) is 0 Å². The Morgan fingerprint density at radius 2 is 2.15 bits per heavy atom. The monoisotopic (exact) mass is 377 g/mol. The first kappa shape index (κ1) is 16.3. The summed E-state index contributed by atoms with van der Waals surface area (Å²) in [4.78, 5) is 0.352. The lowest BCUT2D eigenvalue weighted by molar-refractivity contribution is 0.555. The van der Waals surface area contributed by atoms with Crippen molar-refractivity contribution in [3.63, 3.8) is 0 Å². The summed E-state index contributed by atoms with van der Waals surface area (Å²) in [5.74, 6) is 1.03. The van der Waals surface area contributed by atoms with Gasteiger partial charge in [-0.25, -0.2) is 13.1 Å². The van der Waals surface area contributed by atoms with E-state index in [0.29, 0.717) is 10.1 Å². The second-order valence-electron chi connectivity index (χ2n) is 5.06. The highest BCUT2D eigenvalue weighted by Gasteiger charge is 2.31. The molecule has 1 N–H and O–H groups in total. The second kappa shape index (κ2) is 6.81. The SMILES string of the molecule is CCSC1CCCC1NS(=O)(=O)c1ccc(Br)c(C)c1. The third-order valence-electron chi connectivity index (χ3n) is 3.58. The van der Waals surface area contributed by atoms with Crippen LogP contribution in [0.2, 0.25) is 0 Å². The summed E-state index contributed by atoms with van der Waals surface area (Å²) in [6, 6.07) is 5.21. The molecular weight excluding hydrogens is 358 g/mol. The predicted molar refractivity (Wildman–Crippen MR) is 88.8 cm³/mol. The minimum Gasteiger partial charge on any atom is -0.207 e. The fourth-order valence-electron chi connectivity index (χ4n) is 2.53.